The van der Waals surface area contributed by atoms with Crippen LogP contribution >= 0.6 is 15.9 Å². The average Bonchev–Trinajstić information content (AvgIpc) is 2.18. The fraction of sp³-hybridized carbons (Fsp3) is 0.923. The lowest BCUT2D eigenvalue weighted by Gasteiger charge is -2.29. The van der Waals surface area contributed by atoms with Crippen molar-refractivity contribution in [1.29, 1.82) is 0 Å². The summed E-state index contributed by atoms with van der Waals surface area (Å²) in [5, 5.41) is 4.05. The Kier molecular flexibility index (Phi) is 5.77. The molecule has 0 unspecified atom stereocenters. The molecular weight excluding hydrogens is 282 g/mol. The van der Waals surface area contributed by atoms with E-state index in [0.29, 0.717) is 6.04 Å². The van der Waals surface area contributed by atoms with E-state index in [1.165, 1.54) is 19.3 Å². The number of amides is 1. The topological polar surface area (TPSA) is 38.3 Å². The zero-order chi connectivity index (χ0) is 12.9. The van der Waals surface area contributed by atoms with Crippen LogP contribution in [0, 0.1) is 5.92 Å². The van der Waals surface area contributed by atoms with Gasteiger partial charge in [-0.15, -0.1) is 0 Å². The van der Waals surface area contributed by atoms with E-state index in [2.05, 4.69) is 21.2 Å². The number of carbonyl (C=O) groups excluding carboxylic acids is 1. The minimum absolute atomic E-state index is 0.276. The van der Waals surface area contributed by atoms with Crippen LogP contribution in [0.1, 0.15) is 52.9 Å². The number of hydrogen-bond donors (Lipinski definition) is 1. The maximum atomic E-state index is 11.6. The number of hydrogen-bond acceptors (Lipinski definition) is 2. The van der Waals surface area contributed by atoms with Crippen LogP contribution in [0.4, 0.5) is 4.79 Å². The molecule has 0 aromatic carbocycles. The smallest absolute Gasteiger partial charge is 0.407 e. The Balaban J connectivity index is 2.24. The molecule has 0 radical (unpaired) electrons. The van der Waals surface area contributed by atoms with Crippen LogP contribution in [-0.4, -0.2) is 23.1 Å². The van der Waals surface area contributed by atoms with Crippen molar-refractivity contribution in [3.63, 3.8) is 0 Å². The van der Waals surface area contributed by atoms with Gasteiger partial charge in [0.2, 0.25) is 0 Å². The molecule has 0 aromatic rings. The van der Waals surface area contributed by atoms with Crippen LogP contribution in [0.5, 0.6) is 0 Å². The average molecular weight is 306 g/mol. The van der Waals surface area contributed by atoms with E-state index in [9.17, 15) is 4.79 Å². The highest BCUT2D eigenvalue weighted by Gasteiger charge is 2.24. The largest absolute Gasteiger partial charge is 0.444 e. The van der Waals surface area contributed by atoms with E-state index in [-0.39, 0.29) is 6.09 Å². The number of ether oxygens (including phenoxy) is 1. The van der Waals surface area contributed by atoms with Gasteiger partial charge < -0.3 is 10.1 Å². The van der Waals surface area contributed by atoms with Crippen LogP contribution in [-0.2, 0) is 4.74 Å². The van der Waals surface area contributed by atoms with E-state index in [0.717, 1.165) is 24.1 Å². The van der Waals surface area contributed by atoms with Gasteiger partial charge in [-0.2, -0.15) is 0 Å². The highest BCUT2D eigenvalue weighted by atomic mass is 79.9. The van der Waals surface area contributed by atoms with Crippen LogP contribution < -0.4 is 5.32 Å². The molecule has 0 heterocycles. The van der Waals surface area contributed by atoms with Gasteiger partial charge in [-0.3, -0.25) is 0 Å². The van der Waals surface area contributed by atoms with Crippen LogP contribution in [0.25, 0.3) is 0 Å². The lowest BCUT2D eigenvalue weighted by Crippen LogP contribution is -2.40. The lowest BCUT2D eigenvalue weighted by atomic mass is 9.85. The molecule has 4 heteroatoms. The van der Waals surface area contributed by atoms with Gasteiger partial charge in [0.25, 0.3) is 0 Å². The summed E-state index contributed by atoms with van der Waals surface area (Å²) >= 11 is 3.48. The Morgan fingerprint density at radius 2 is 1.88 bits per heavy atom. The quantitative estimate of drug-likeness (QED) is 0.804. The normalized spacial score (nSPS) is 25.4. The summed E-state index contributed by atoms with van der Waals surface area (Å²) in [4.78, 5) is 11.6. The monoisotopic (exact) mass is 305 g/mol. The summed E-state index contributed by atoms with van der Waals surface area (Å²) in [6.45, 7) is 5.67. The molecule has 1 amide bonds. The molecule has 3 nitrogen and oxygen atoms in total. The van der Waals surface area contributed by atoms with Gasteiger partial charge in [0, 0.05) is 11.4 Å². The summed E-state index contributed by atoms with van der Waals surface area (Å²) < 4.78 is 5.26. The van der Waals surface area contributed by atoms with Crippen molar-refractivity contribution in [3.05, 3.63) is 0 Å². The van der Waals surface area contributed by atoms with Crippen molar-refractivity contribution in [2.75, 3.05) is 5.33 Å². The molecule has 1 N–H and O–H groups in total. The van der Waals surface area contributed by atoms with Crippen molar-refractivity contribution in [2.45, 2.75) is 64.5 Å². The molecule has 1 aliphatic carbocycles. The zero-order valence-electron chi connectivity index (χ0n) is 11.1. The first kappa shape index (κ1) is 14.8. The molecule has 1 rings (SSSR count). The maximum absolute atomic E-state index is 11.6. The highest BCUT2D eigenvalue weighted by molar-refractivity contribution is 9.09. The molecule has 1 fully saturated rings. The van der Waals surface area contributed by atoms with E-state index >= 15 is 0 Å². The molecule has 0 aliphatic heterocycles. The first-order valence-electron chi connectivity index (χ1n) is 6.46. The zero-order valence-corrected chi connectivity index (χ0v) is 12.7. The van der Waals surface area contributed by atoms with E-state index in [1.54, 1.807) is 0 Å². The summed E-state index contributed by atoms with van der Waals surface area (Å²) in [5.74, 6) is 0.825. The summed E-state index contributed by atoms with van der Waals surface area (Å²) in [6.07, 6.45) is 5.56. The van der Waals surface area contributed by atoms with Crippen molar-refractivity contribution >= 4 is 22.0 Å². The van der Waals surface area contributed by atoms with Crippen molar-refractivity contribution in [2.24, 2.45) is 5.92 Å². The van der Waals surface area contributed by atoms with Crippen molar-refractivity contribution < 1.29 is 9.53 Å². The van der Waals surface area contributed by atoms with E-state index in [1.807, 2.05) is 20.8 Å². The number of halogens is 1. The van der Waals surface area contributed by atoms with Crippen LogP contribution in [0.3, 0.4) is 0 Å². The van der Waals surface area contributed by atoms with E-state index in [4.69, 9.17) is 4.74 Å². The number of rotatable bonds is 3. The van der Waals surface area contributed by atoms with Gasteiger partial charge in [0.1, 0.15) is 5.60 Å². The molecule has 1 aliphatic rings. The lowest BCUT2D eigenvalue weighted by molar-refractivity contribution is 0.0487. The molecule has 0 spiro atoms. The molecule has 0 aromatic heterocycles. The third-order valence-corrected chi connectivity index (χ3v) is 3.54. The predicted octanol–water partition coefficient (Wildman–Crippen LogP) is 3.85. The Morgan fingerprint density at radius 3 is 2.35 bits per heavy atom. The third kappa shape index (κ3) is 6.29. The summed E-state index contributed by atoms with van der Waals surface area (Å²) in [7, 11) is 0. The Hall–Kier alpha value is -0.250. The summed E-state index contributed by atoms with van der Waals surface area (Å²) in [5.41, 5.74) is -0.406. The number of nitrogens with one attached hydrogen (secondary N) is 1. The molecule has 0 bridgehead atoms. The minimum Gasteiger partial charge on any atom is -0.444 e. The van der Waals surface area contributed by atoms with Crippen molar-refractivity contribution in [1.82, 2.24) is 5.32 Å². The minimum atomic E-state index is -0.406. The third-order valence-electron chi connectivity index (χ3n) is 3.08. The number of alkyl halides is 1. The number of alkyl carbamates (subject to hydrolysis) is 1. The molecule has 0 saturated heterocycles. The molecule has 100 valence electrons. The number of carbonyl (C=O) groups is 1. The van der Waals surface area contributed by atoms with Gasteiger partial charge in [0.05, 0.1) is 0 Å². The van der Waals surface area contributed by atoms with Gasteiger partial charge in [-0.05, 0) is 58.8 Å². The second kappa shape index (κ2) is 6.62. The molecule has 1 saturated carbocycles. The Morgan fingerprint density at radius 1 is 1.29 bits per heavy atom. The first-order chi connectivity index (χ1) is 7.90. The van der Waals surface area contributed by atoms with Gasteiger partial charge >= 0.3 is 6.09 Å². The molecular formula is C13H24BrNO2. The van der Waals surface area contributed by atoms with E-state index < -0.39 is 5.60 Å². The fourth-order valence-corrected chi connectivity index (χ4v) is 2.87. The maximum Gasteiger partial charge on any atom is 0.407 e. The molecule has 0 atom stereocenters. The molecule has 17 heavy (non-hydrogen) atoms. The van der Waals surface area contributed by atoms with Crippen LogP contribution in [0.2, 0.25) is 0 Å². The van der Waals surface area contributed by atoms with Gasteiger partial charge in [-0.1, -0.05) is 15.9 Å². The standard InChI is InChI=1S/C13H24BrNO2/c1-13(2,3)17-12(16)15-11-6-4-10(5-7-11)8-9-14/h10-11H,4-9H2,1-3H3,(H,15,16). The Bertz CT molecular complexity index is 242. The SMILES string of the molecule is CC(C)(C)OC(=O)NC1CCC(CCBr)CC1. The second-order valence-electron chi connectivity index (χ2n) is 5.84. The fourth-order valence-electron chi connectivity index (χ4n) is 2.22. The van der Waals surface area contributed by atoms with Crippen molar-refractivity contribution in [3.8, 4) is 0 Å². The second-order valence-corrected chi connectivity index (χ2v) is 6.63. The Labute approximate surface area is 113 Å². The highest BCUT2D eigenvalue weighted by Crippen LogP contribution is 2.27. The van der Waals surface area contributed by atoms with Gasteiger partial charge in [-0.25, -0.2) is 4.79 Å². The van der Waals surface area contributed by atoms with Gasteiger partial charge in [0.15, 0.2) is 0 Å². The predicted molar refractivity (Wildman–Crippen MR) is 73.5 cm³/mol. The first-order valence-corrected chi connectivity index (χ1v) is 7.58. The summed E-state index contributed by atoms with van der Waals surface area (Å²) in [6, 6.07) is 0.302. The van der Waals surface area contributed by atoms with Crippen LogP contribution in [0.15, 0.2) is 0 Å².